The minimum atomic E-state index is -0.524. The average molecular weight is 361 g/mol. The van der Waals surface area contributed by atoms with Gasteiger partial charge in [0.25, 0.3) is 5.91 Å². The van der Waals surface area contributed by atoms with Crippen LogP contribution in [-0.2, 0) is 0 Å². The van der Waals surface area contributed by atoms with E-state index < -0.39 is 4.92 Å². The number of likely N-dealkylation sites (N-methyl/N-ethyl adjacent to an activating group) is 1. The number of nitro groups is 1. The summed E-state index contributed by atoms with van der Waals surface area (Å²) in [5, 5.41) is 13.4. The number of hydrogen-bond acceptors (Lipinski definition) is 7. The Morgan fingerprint density at radius 2 is 2.04 bits per heavy atom. The summed E-state index contributed by atoms with van der Waals surface area (Å²) < 4.78 is 0. The summed E-state index contributed by atoms with van der Waals surface area (Å²) in [6.07, 6.45) is 1.14. The molecule has 0 atom stereocenters. The highest BCUT2D eigenvalue weighted by atomic mass is 32.1. The predicted octanol–water partition coefficient (Wildman–Crippen LogP) is 2.36. The van der Waals surface area contributed by atoms with Gasteiger partial charge in [-0.05, 0) is 49.1 Å². The van der Waals surface area contributed by atoms with E-state index in [1.165, 1.54) is 0 Å². The molecule has 0 saturated carbocycles. The third kappa shape index (κ3) is 3.94. The van der Waals surface area contributed by atoms with Crippen LogP contribution in [0.25, 0.3) is 0 Å². The lowest BCUT2D eigenvalue weighted by molar-refractivity contribution is -0.380. The van der Waals surface area contributed by atoms with Crippen molar-refractivity contribution in [1.29, 1.82) is 0 Å². The molecule has 1 aliphatic heterocycles. The monoisotopic (exact) mass is 361 g/mol. The van der Waals surface area contributed by atoms with Gasteiger partial charge in [0.1, 0.15) is 6.20 Å². The summed E-state index contributed by atoms with van der Waals surface area (Å²) in [6.45, 7) is 5.85. The molecule has 9 heteroatoms. The summed E-state index contributed by atoms with van der Waals surface area (Å²) in [7, 11) is 2.11. The Labute approximate surface area is 149 Å². The second-order valence-electron chi connectivity index (χ2n) is 6.00. The summed E-state index contributed by atoms with van der Waals surface area (Å²) in [5.74, 6) is -0.313. The Bertz CT molecular complexity index is 799. The number of thiazole rings is 1. The second kappa shape index (κ2) is 7.16. The van der Waals surface area contributed by atoms with Crippen molar-refractivity contribution in [3.63, 3.8) is 0 Å². The molecule has 1 aliphatic rings. The quantitative estimate of drug-likeness (QED) is 0.664. The highest BCUT2D eigenvalue weighted by Gasteiger charge is 2.18. The third-order valence-electron chi connectivity index (χ3n) is 4.22. The van der Waals surface area contributed by atoms with Crippen LogP contribution in [0.5, 0.6) is 0 Å². The van der Waals surface area contributed by atoms with E-state index in [0.29, 0.717) is 5.56 Å². The van der Waals surface area contributed by atoms with Crippen molar-refractivity contribution in [2.24, 2.45) is 0 Å². The normalized spacial score (nSPS) is 15.2. The molecule has 3 rings (SSSR count). The van der Waals surface area contributed by atoms with Crippen LogP contribution >= 0.6 is 11.3 Å². The maximum atomic E-state index is 12.4. The van der Waals surface area contributed by atoms with Gasteiger partial charge in [0.15, 0.2) is 5.13 Å². The van der Waals surface area contributed by atoms with E-state index in [2.05, 4.69) is 27.1 Å². The van der Waals surface area contributed by atoms with Crippen LogP contribution in [0.1, 0.15) is 15.9 Å². The molecule has 1 N–H and O–H groups in total. The number of carbonyl (C=O) groups is 1. The van der Waals surface area contributed by atoms with Crippen molar-refractivity contribution in [2.45, 2.75) is 6.92 Å². The number of rotatable bonds is 4. The van der Waals surface area contributed by atoms with Crippen LogP contribution in [0.3, 0.4) is 0 Å². The molecule has 8 nitrogen and oxygen atoms in total. The molecule has 1 fully saturated rings. The number of anilines is 2. The first-order chi connectivity index (χ1) is 11.9. The molecule has 0 unspecified atom stereocenters. The Kier molecular flexibility index (Phi) is 4.95. The Morgan fingerprint density at radius 3 is 2.64 bits per heavy atom. The van der Waals surface area contributed by atoms with Crippen molar-refractivity contribution in [3.8, 4) is 0 Å². The van der Waals surface area contributed by atoms with Crippen LogP contribution in [0.2, 0.25) is 0 Å². The fourth-order valence-electron chi connectivity index (χ4n) is 2.74. The van der Waals surface area contributed by atoms with Gasteiger partial charge in [0.2, 0.25) is 0 Å². The Morgan fingerprint density at radius 1 is 1.32 bits per heavy atom. The van der Waals surface area contributed by atoms with E-state index in [-0.39, 0.29) is 16.0 Å². The summed E-state index contributed by atoms with van der Waals surface area (Å²) >= 11 is 0.841. The van der Waals surface area contributed by atoms with Gasteiger partial charge in [-0.3, -0.25) is 20.2 Å². The molecule has 0 bridgehead atoms. The molecule has 1 amide bonds. The highest BCUT2D eigenvalue weighted by Crippen LogP contribution is 2.26. The lowest BCUT2D eigenvalue weighted by Gasteiger charge is -2.34. The van der Waals surface area contributed by atoms with Crippen LogP contribution < -0.4 is 10.2 Å². The number of nitrogens with one attached hydrogen (secondary N) is 1. The van der Waals surface area contributed by atoms with Crippen LogP contribution in [0, 0.1) is 17.0 Å². The van der Waals surface area contributed by atoms with Gasteiger partial charge in [-0.15, -0.1) is 0 Å². The Balaban J connectivity index is 1.71. The molecule has 0 aliphatic carbocycles. The number of benzene rings is 1. The van der Waals surface area contributed by atoms with Crippen LogP contribution in [0.15, 0.2) is 24.4 Å². The Hall–Kier alpha value is -2.52. The van der Waals surface area contributed by atoms with E-state index in [4.69, 9.17) is 0 Å². The van der Waals surface area contributed by atoms with E-state index in [1.807, 2.05) is 19.1 Å². The van der Waals surface area contributed by atoms with E-state index in [1.54, 1.807) is 6.07 Å². The van der Waals surface area contributed by atoms with Gasteiger partial charge in [-0.25, -0.2) is 4.98 Å². The number of piperazine rings is 1. The summed E-state index contributed by atoms with van der Waals surface area (Å²) in [4.78, 5) is 31.0. The third-order valence-corrected chi connectivity index (χ3v) is 5.08. The summed E-state index contributed by atoms with van der Waals surface area (Å²) in [6, 6.07) is 5.74. The number of aromatic nitrogens is 1. The van der Waals surface area contributed by atoms with Gasteiger partial charge in [0.05, 0.1) is 4.92 Å². The van der Waals surface area contributed by atoms with Crippen LogP contribution in [0.4, 0.5) is 15.8 Å². The minimum absolute atomic E-state index is 0.0996. The van der Waals surface area contributed by atoms with E-state index in [0.717, 1.165) is 55.0 Å². The summed E-state index contributed by atoms with van der Waals surface area (Å²) in [5.41, 5.74) is 2.50. The molecular formula is C16H19N5O3S. The zero-order valence-electron chi connectivity index (χ0n) is 14.1. The maximum Gasteiger partial charge on any atom is 0.345 e. The first-order valence-electron chi connectivity index (χ1n) is 7.90. The zero-order valence-corrected chi connectivity index (χ0v) is 14.9. The predicted molar refractivity (Wildman–Crippen MR) is 97.6 cm³/mol. The van der Waals surface area contributed by atoms with Gasteiger partial charge in [0, 0.05) is 37.4 Å². The van der Waals surface area contributed by atoms with Crippen molar-refractivity contribution in [2.75, 3.05) is 43.4 Å². The fraction of sp³-hybridized carbons (Fsp3) is 0.375. The average Bonchev–Trinajstić information content (AvgIpc) is 3.04. The van der Waals surface area contributed by atoms with Crippen molar-refractivity contribution in [3.05, 3.63) is 45.6 Å². The van der Waals surface area contributed by atoms with Gasteiger partial charge < -0.3 is 9.80 Å². The SMILES string of the molecule is Cc1cc(N2CCN(C)CC2)ccc1C(=O)Nc1ncc([N+](=O)[O-])s1. The first-order valence-corrected chi connectivity index (χ1v) is 8.71. The topological polar surface area (TPSA) is 91.6 Å². The first kappa shape index (κ1) is 17.3. The van der Waals surface area contributed by atoms with Crippen molar-refractivity contribution < 1.29 is 9.72 Å². The molecular weight excluding hydrogens is 342 g/mol. The highest BCUT2D eigenvalue weighted by molar-refractivity contribution is 7.18. The number of amides is 1. The zero-order chi connectivity index (χ0) is 18.0. The second-order valence-corrected chi connectivity index (χ2v) is 7.01. The molecule has 132 valence electrons. The van der Waals surface area contributed by atoms with Gasteiger partial charge >= 0.3 is 5.00 Å². The number of hydrogen-bond donors (Lipinski definition) is 1. The molecule has 2 heterocycles. The fourth-order valence-corrected chi connectivity index (χ4v) is 3.36. The smallest absolute Gasteiger partial charge is 0.345 e. The molecule has 25 heavy (non-hydrogen) atoms. The minimum Gasteiger partial charge on any atom is -0.369 e. The van der Waals surface area contributed by atoms with Gasteiger partial charge in [-0.1, -0.05) is 0 Å². The standard InChI is InChI=1S/C16H19N5O3S/c1-11-9-12(20-7-5-19(2)6-8-20)3-4-13(11)15(22)18-16-17-10-14(25-16)21(23)24/h3-4,9-10H,5-8H2,1-2H3,(H,17,18,22). The largest absolute Gasteiger partial charge is 0.369 e. The van der Waals surface area contributed by atoms with Crippen molar-refractivity contribution in [1.82, 2.24) is 9.88 Å². The van der Waals surface area contributed by atoms with Crippen molar-refractivity contribution >= 4 is 33.1 Å². The molecule has 1 aromatic carbocycles. The van der Waals surface area contributed by atoms with Gasteiger partial charge in [-0.2, -0.15) is 0 Å². The number of carbonyl (C=O) groups excluding carboxylic acids is 1. The lowest BCUT2D eigenvalue weighted by atomic mass is 10.1. The molecule has 0 spiro atoms. The molecule has 1 aromatic heterocycles. The maximum absolute atomic E-state index is 12.4. The van der Waals surface area contributed by atoms with E-state index >= 15 is 0 Å². The number of aryl methyl sites for hydroxylation is 1. The van der Waals surface area contributed by atoms with Crippen LogP contribution in [-0.4, -0.2) is 53.9 Å². The lowest BCUT2D eigenvalue weighted by Crippen LogP contribution is -2.44. The molecule has 0 radical (unpaired) electrons. The molecule has 2 aromatic rings. The number of nitrogens with zero attached hydrogens (tertiary/aromatic N) is 4. The van der Waals surface area contributed by atoms with E-state index in [9.17, 15) is 14.9 Å². The molecule has 1 saturated heterocycles.